The second kappa shape index (κ2) is 6.21. The standard InChI is InChI=1S/C17H18FN7/c1-25-7-6-13(24-25)22-17-21-9-20-16(23-17)12-5-4-11(8-19)14(15(12)18)10-2-3-10/h4-7,9-10H,2-3,8,19H2,1H3,(H,20,21,22,23,24). The summed E-state index contributed by atoms with van der Waals surface area (Å²) in [6, 6.07) is 5.34. The molecule has 0 spiro atoms. The van der Waals surface area contributed by atoms with Gasteiger partial charge in [0.1, 0.15) is 12.1 Å². The molecule has 7 nitrogen and oxygen atoms in total. The molecule has 2 heterocycles. The molecule has 1 aromatic carbocycles. The summed E-state index contributed by atoms with van der Waals surface area (Å²) in [5.41, 5.74) is 7.68. The van der Waals surface area contributed by atoms with E-state index in [-0.39, 0.29) is 17.6 Å². The monoisotopic (exact) mass is 339 g/mol. The second-order valence-corrected chi connectivity index (χ2v) is 6.11. The third-order valence-electron chi connectivity index (χ3n) is 4.24. The van der Waals surface area contributed by atoms with E-state index < -0.39 is 0 Å². The van der Waals surface area contributed by atoms with Crippen LogP contribution in [0.2, 0.25) is 0 Å². The van der Waals surface area contributed by atoms with Gasteiger partial charge in [-0.2, -0.15) is 10.1 Å². The highest BCUT2D eigenvalue weighted by molar-refractivity contribution is 5.61. The summed E-state index contributed by atoms with van der Waals surface area (Å²) < 4.78 is 16.7. The quantitative estimate of drug-likeness (QED) is 0.742. The van der Waals surface area contributed by atoms with Crippen LogP contribution >= 0.6 is 0 Å². The van der Waals surface area contributed by atoms with Gasteiger partial charge in [0.15, 0.2) is 11.6 Å². The Balaban J connectivity index is 1.70. The van der Waals surface area contributed by atoms with E-state index >= 15 is 4.39 Å². The van der Waals surface area contributed by atoms with Crippen molar-refractivity contribution in [3.63, 3.8) is 0 Å². The number of halogens is 1. The van der Waals surface area contributed by atoms with E-state index in [1.807, 2.05) is 13.1 Å². The Morgan fingerprint density at radius 1 is 1.28 bits per heavy atom. The zero-order valence-electron chi connectivity index (χ0n) is 13.8. The molecule has 2 aromatic heterocycles. The first-order valence-corrected chi connectivity index (χ1v) is 8.13. The fourth-order valence-corrected chi connectivity index (χ4v) is 2.88. The van der Waals surface area contributed by atoms with Crippen molar-refractivity contribution >= 4 is 11.8 Å². The molecule has 3 N–H and O–H groups in total. The van der Waals surface area contributed by atoms with E-state index in [0.717, 1.165) is 18.4 Å². The molecule has 0 atom stereocenters. The lowest BCUT2D eigenvalue weighted by atomic mass is 9.98. The van der Waals surface area contributed by atoms with Crippen LogP contribution in [0.3, 0.4) is 0 Å². The number of nitrogens with zero attached hydrogens (tertiary/aromatic N) is 5. The number of aryl methyl sites for hydroxylation is 1. The summed E-state index contributed by atoms with van der Waals surface area (Å²) in [6.45, 7) is 0.326. The summed E-state index contributed by atoms with van der Waals surface area (Å²) in [5, 5.41) is 7.20. The first-order chi connectivity index (χ1) is 12.2. The smallest absolute Gasteiger partial charge is 0.231 e. The Kier molecular flexibility index (Phi) is 3.89. The van der Waals surface area contributed by atoms with Crippen LogP contribution in [-0.2, 0) is 13.6 Å². The van der Waals surface area contributed by atoms with Crippen molar-refractivity contribution in [2.75, 3.05) is 5.32 Å². The van der Waals surface area contributed by atoms with Crippen LogP contribution in [0.4, 0.5) is 16.2 Å². The lowest BCUT2D eigenvalue weighted by molar-refractivity contribution is 0.609. The third kappa shape index (κ3) is 3.08. The Morgan fingerprint density at radius 3 is 2.80 bits per heavy atom. The van der Waals surface area contributed by atoms with Crippen molar-refractivity contribution in [3.8, 4) is 11.4 Å². The van der Waals surface area contributed by atoms with Crippen LogP contribution in [0.1, 0.15) is 29.9 Å². The van der Waals surface area contributed by atoms with E-state index in [1.54, 1.807) is 23.0 Å². The Morgan fingerprint density at radius 2 is 2.12 bits per heavy atom. The summed E-state index contributed by atoms with van der Waals surface area (Å²) >= 11 is 0. The highest BCUT2D eigenvalue weighted by Gasteiger charge is 2.30. The molecule has 1 fully saturated rings. The average molecular weight is 339 g/mol. The van der Waals surface area contributed by atoms with Crippen LogP contribution in [0.5, 0.6) is 0 Å². The van der Waals surface area contributed by atoms with Crippen LogP contribution in [0, 0.1) is 5.82 Å². The molecule has 0 bridgehead atoms. The van der Waals surface area contributed by atoms with Crippen molar-refractivity contribution in [2.24, 2.45) is 12.8 Å². The molecular formula is C17H18FN7. The molecule has 0 radical (unpaired) electrons. The minimum Gasteiger partial charge on any atom is -0.326 e. The number of hydrogen-bond donors (Lipinski definition) is 2. The van der Waals surface area contributed by atoms with E-state index in [4.69, 9.17) is 5.73 Å². The number of hydrogen-bond acceptors (Lipinski definition) is 6. The van der Waals surface area contributed by atoms with E-state index in [2.05, 4.69) is 25.4 Å². The molecule has 0 aliphatic heterocycles. The summed E-state index contributed by atoms with van der Waals surface area (Å²) in [4.78, 5) is 12.5. The summed E-state index contributed by atoms with van der Waals surface area (Å²) in [5.74, 6) is 1.19. The number of aromatic nitrogens is 5. The van der Waals surface area contributed by atoms with Crippen molar-refractivity contribution < 1.29 is 4.39 Å². The average Bonchev–Trinajstić information content (AvgIpc) is 3.37. The van der Waals surface area contributed by atoms with E-state index in [1.165, 1.54) is 6.33 Å². The number of nitrogens with two attached hydrogens (primary N) is 1. The zero-order chi connectivity index (χ0) is 17.4. The van der Waals surface area contributed by atoms with Gasteiger partial charge in [-0.15, -0.1) is 0 Å². The van der Waals surface area contributed by atoms with Crippen LogP contribution in [0.25, 0.3) is 11.4 Å². The van der Waals surface area contributed by atoms with Gasteiger partial charge >= 0.3 is 0 Å². The maximum absolute atomic E-state index is 15.1. The van der Waals surface area contributed by atoms with Gasteiger partial charge in [-0.25, -0.2) is 14.4 Å². The summed E-state index contributed by atoms with van der Waals surface area (Å²) in [7, 11) is 1.82. The normalized spacial score (nSPS) is 13.9. The molecule has 4 rings (SSSR count). The molecule has 1 saturated carbocycles. The van der Waals surface area contributed by atoms with Crippen LogP contribution in [-0.4, -0.2) is 24.7 Å². The lowest BCUT2D eigenvalue weighted by Gasteiger charge is -2.12. The first-order valence-electron chi connectivity index (χ1n) is 8.13. The fourth-order valence-electron chi connectivity index (χ4n) is 2.88. The number of anilines is 2. The largest absolute Gasteiger partial charge is 0.326 e. The molecule has 128 valence electrons. The van der Waals surface area contributed by atoms with Crippen molar-refractivity contribution in [1.29, 1.82) is 0 Å². The topological polar surface area (TPSA) is 94.5 Å². The number of nitrogens with one attached hydrogen (secondary N) is 1. The van der Waals surface area contributed by atoms with Crippen molar-refractivity contribution in [3.05, 3.63) is 47.7 Å². The van der Waals surface area contributed by atoms with Gasteiger partial charge < -0.3 is 11.1 Å². The van der Waals surface area contributed by atoms with Gasteiger partial charge in [-0.1, -0.05) is 6.07 Å². The van der Waals surface area contributed by atoms with Crippen molar-refractivity contribution in [2.45, 2.75) is 25.3 Å². The van der Waals surface area contributed by atoms with E-state index in [9.17, 15) is 0 Å². The highest BCUT2D eigenvalue weighted by atomic mass is 19.1. The fraction of sp³-hybridized carbons (Fsp3) is 0.294. The predicted octanol–water partition coefficient (Wildman–Crippen LogP) is 2.49. The van der Waals surface area contributed by atoms with Crippen LogP contribution < -0.4 is 11.1 Å². The minimum atomic E-state index is -0.277. The van der Waals surface area contributed by atoms with Gasteiger partial charge in [0, 0.05) is 25.9 Å². The maximum Gasteiger partial charge on any atom is 0.231 e. The van der Waals surface area contributed by atoms with Gasteiger partial charge in [0.2, 0.25) is 5.95 Å². The maximum atomic E-state index is 15.1. The summed E-state index contributed by atoms with van der Waals surface area (Å²) in [6.07, 6.45) is 5.16. The van der Waals surface area contributed by atoms with Gasteiger partial charge in [0.25, 0.3) is 0 Å². The first kappa shape index (κ1) is 15.6. The minimum absolute atomic E-state index is 0.256. The van der Waals surface area contributed by atoms with Gasteiger partial charge in [-0.3, -0.25) is 4.68 Å². The molecule has 0 unspecified atom stereocenters. The second-order valence-electron chi connectivity index (χ2n) is 6.11. The third-order valence-corrected chi connectivity index (χ3v) is 4.24. The SMILES string of the molecule is Cn1ccc(Nc2ncnc(-c3ccc(CN)c(C4CC4)c3F)n2)n1. The molecule has 1 aliphatic carbocycles. The van der Waals surface area contributed by atoms with Crippen molar-refractivity contribution in [1.82, 2.24) is 24.7 Å². The molecule has 1 aliphatic rings. The zero-order valence-corrected chi connectivity index (χ0v) is 13.8. The van der Waals surface area contributed by atoms with Crippen LogP contribution in [0.15, 0.2) is 30.7 Å². The molecule has 0 saturated heterocycles. The number of benzene rings is 1. The Bertz CT molecular complexity index is 917. The molecule has 8 heteroatoms. The molecule has 3 aromatic rings. The Hall–Kier alpha value is -2.87. The predicted molar refractivity (Wildman–Crippen MR) is 91.6 cm³/mol. The van der Waals surface area contributed by atoms with Gasteiger partial charge in [0.05, 0.1) is 5.56 Å². The molecular weight excluding hydrogens is 321 g/mol. The Labute approximate surface area is 144 Å². The van der Waals surface area contributed by atoms with Gasteiger partial charge in [-0.05, 0) is 36.0 Å². The lowest BCUT2D eigenvalue weighted by Crippen LogP contribution is -2.06. The number of rotatable bonds is 5. The highest BCUT2D eigenvalue weighted by Crippen LogP contribution is 2.44. The molecule has 0 amide bonds. The molecule has 25 heavy (non-hydrogen) atoms. The van der Waals surface area contributed by atoms with E-state index in [0.29, 0.717) is 29.4 Å².